The van der Waals surface area contributed by atoms with Crippen LogP contribution in [0, 0.1) is 0 Å². The second kappa shape index (κ2) is 9.06. The molecule has 0 saturated carbocycles. The number of amides is 1. The molecule has 2 aromatic rings. The molecule has 5 rings (SSSR count). The lowest BCUT2D eigenvalue weighted by molar-refractivity contribution is -0.116. The number of benzene rings is 2. The van der Waals surface area contributed by atoms with Gasteiger partial charge in [0.1, 0.15) is 6.10 Å². The maximum Gasteiger partial charge on any atom is 0.224 e. The Kier molecular flexibility index (Phi) is 6.05. The van der Waals surface area contributed by atoms with Crippen molar-refractivity contribution in [3.05, 3.63) is 65.2 Å². The zero-order valence-corrected chi connectivity index (χ0v) is 18.5. The maximum atomic E-state index is 12.5. The summed E-state index contributed by atoms with van der Waals surface area (Å²) in [6.45, 7) is 0. The number of nitrogens with one attached hydrogen (secondary N) is 1. The van der Waals surface area contributed by atoms with Gasteiger partial charge in [-0.25, -0.2) is 4.99 Å². The highest BCUT2D eigenvalue weighted by molar-refractivity contribution is 8.77. The minimum atomic E-state index is -0.00780. The van der Waals surface area contributed by atoms with Gasteiger partial charge in [-0.3, -0.25) is 4.79 Å². The van der Waals surface area contributed by atoms with Crippen LogP contribution in [0.5, 0.6) is 0 Å². The first-order valence-electron chi connectivity index (χ1n) is 10.8. The fourth-order valence-electron chi connectivity index (χ4n) is 4.44. The number of fused-ring (bicyclic) bond motifs is 3. The third-order valence-corrected chi connectivity index (χ3v) is 9.01. The Morgan fingerprint density at radius 2 is 2.00 bits per heavy atom. The quantitative estimate of drug-likeness (QED) is 0.440. The number of anilines is 1. The molecule has 1 aliphatic carbocycles. The third-order valence-electron chi connectivity index (χ3n) is 6.00. The largest absolute Gasteiger partial charge is 0.467 e. The number of hydrogen-bond acceptors (Lipinski definition) is 5. The van der Waals surface area contributed by atoms with E-state index in [1.807, 2.05) is 45.9 Å². The van der Waals surface area contributed by atoms with Crippen molar-refractivity contribution in [1.82, 2.24) is 0 Å². The van der Waals surface area contributed by atoms with Crippen LogP contribution in [-0.2, 0) is 16.0 Å². The predicted molar refractivity (Wildman–Crippen MR) is 126 cm³/mol. The summed E-state index contributed by atoms with van der Waals surface area (Å²) in [4.78, 5) is 17.4. The highest BCUT2D eigenvalue weighted by atomic mass is 33.1. The summed E-state index contributed by atoms with van der Waals surface area (Å²) >= 11 is 0. The molecular formula is C24H26N2O2S2. The molecule has 0 unspecified atom stereocenters. The first-order chi connectivity index (χ1) is 14.8. The summed E-state index contributed by atoms with van der Waals surface area (Å²) in [5.74, 6) is 1.98. The smallest absolute Gasteiger partial charge is 0.224 e. The van der Waals surface area contributed by atoms with Crippen LogP contribution in [-0.4, -0.2) is 28.8 Å². The van der Waals surface area contributed by atoms with Gasteiger partial charge in [-0.05, 0) is 48.9 Å². The first-order valence-corrected chi connectivity index (χ1v) is 13.2. The normalized spacial score (nSPS) is 24.1. The van der Waals surface area contributed by atoms with Crippen LogP contribution in [0.2, 0.25) is 0 Å². The molecule has 1 amide bonds. The van der Waals surface area contributed by atoms with E-state index in [1.54, 1.807) is 0 Å². The molecule has 3 aliphatic rings. The van der Waals surface area contributed by atoms with E-state index in [9.17, 15) is 4.79 Å². The fraction of sp³-hybridized carbons (Fsp3) is 0.417. The minimum absolute atomic E-state index is 0.00780. The highest BCUT2D eigenvalue weighted by Gasteiger charge is 2.39. The van der Waals surface area contributed by atoms with Gasteiger partial charge in [0.2, 0.25) is 11.8 Å². The Hall–Kier alpha value is -1.92. The molecule has 2 aromatic carbocycles. The van der Waals surface area contributed by atoms with Gasteiger partial charge in [-0.15, -0.1) is 0 Å². The first kappa shape index (κ1) is 20.0. The number of carbonyl (C=O) groups is 1. The zero-order valence-electron chi connectivity index (χ0n) is 16.9. The van der Waals surface area contributed by atoms with Crippen molar-refractivity contribution in [2.75, 3.05) is 11.1 Å². The number of rotatable bonds is 7. The second-order valence-corrected chi connectivity index (χ2v) is 10.9. The molecule has 30 heavy (non-hydrogen) atoms. The average Bonchev–Trinajstić information content (AvgIpc) is 3.48. The molecule has 4 nitrogen and oxygen atoms in total. The van der Waals surface area contributed by atoms with E-state index < -0.39 is 0 Å². The van der Waals surface area contributed by atoms with Crippen molar-refractivity contribution in [2.45, 2.75) is 55.9 Å². The molecule has 1 saturated heterocycles. The van der Waals surface area contributed by atoms with Crippen molar-refractivity contribution in [3.8, 4) is 0 Å². The molecule has 156 valence electrons. The number of aliphatic imine (C=N–C) groups is 1. The SMILES string of the molecule is O=C(CCCC[C@H]1CCSS1)Nc1ccccc1C1=N[C@@H]2Cc3ccccc3[C@@H]2O1. The third kappa shape index (κ3) is 4.26. The van der Waals surface area contributed by atoms with Crippen molar-refractivity contribution in [3.63, 3.8) is 0 Å². The molecule has 1 N–H and O–H groups in total. The van der Waals surface area contributed by atoms with Gasteiger partial charge in [0.15, 0.2) is 0 Å². The van der Waals surface area contributed by atoms with Gasteiger partial charge in [0.05, 0.1) is 17.3 Å². The molecule has 0 bridgehead atoms. The van der Waals surface area contributed by atoms with Gasteiger partial charge in [0.25, 0.3) is 0 Å². The van der Waals surface area contributed by atoms with Gasteiger partial charge >= 0.3 is 0 Å². The van der Waals surface area contributed by atoms with Crippen molar-refractivity contribution < 1.29 is 9.53 Å². The van der Waals surface area contributed by atoms with E-state index in [4.69, 9.17) is 9.73 Å². The van der Waals surface area contributed by atoms with E-state index >= 15 is 0 Å². The van der Waals surface area contributed by atoms with E-state index in [0.29, 0.717) is 12.3 Å². The van der Waals surface area contributed by atoms with Gasteiger partial charge < -0.3 is 10.1 Å². The number of nitrogens with zero attached hydrogens (tertiary/aromatic N) is 1. The molecule has 2 aliphatic heterocycles. The highest BCUT2D eigenvalue weighted by Crippen LogP contribution is 2.41. The van der Waals surface area contributed by atoms with Crippen LogP contribution >= 0.6 is 21.6 Å². The number of hydrogen-bond donors (Lipinski definition) is 1. The summed E-state index contributed by atoms with van der Waals surface area (Å²) in [5.41, 5.74) is 4.22. The van der Waals surface area contributed by atoms with Crippen LogP contribution in [0.25, 0.3) is 0 Å². The molecule has 1 fully saturated rings. The molecular weight excluding hydrogens is 412 g/mol. The van der Waals surface area contributed by atoms with Gasteiger partial charge in [0, 0.05) is 17.4 Å². The van der Waals surface area contributed by atoms with Crippen LogP contribution in [0.4, 0.5) is 5.69 Å². The summed E-state index contributed by atoms with van der Waals surface area (Å²) in [6, 6.07) is 16.4. The lowest BCUT2D eigenvalue weighted by atomic mass is 10.1. The van der Waals surface area contributed by atoms with E-state index in [-0.39, 0.29) is 18.1 Å². The Bertz CT molecular complexity index is 956. The summed E-state index contributed by atoms with van der Waals surface area (Å²) < 4.78 is 6.27. The second-order valence-electron chi connectivity index (χ2n) is 8.11. The topological polar surface area (TPSA) is 50.7 Å². The zero-order chi connectivity index (χ0) is 20.3. The lowest BCUT2D eigenvalue weighted by Crippen LogP contribution is -2.15. The standard InChI is InChI=1S/C24H26N2O2S2/c27-22(12-6-2-8-17-13-14-29-30-17)25-20-11-5-4-10-19(20)24-26-21-15-16-7-1-3-9-18(16)23(21)28-24/h1,3-5,7,9-11,17,21,23H,2,6,8,12-15H2,(H,25,27)/t17-,21+,23-/m0/s1. The van der Waals surface area contributed by atoms with Crippen LogP contribution in [0.1, 0.15) is 54.9 Å². The fourth-order valence-corrected chi connectivity index (χ4v) is 7.47. The van der Waals surface area contributed by atoms with Crippen molar-refractivity contribution in [1.29, 1.82) is 0 Å². The Labute approximate surface area is 185 Å². The molecule has 2 heterocycles. The Morgan fingerprint density at radius 3 is 2.90 bits per heavy atom. The Morgan fingerprint density at radius 1 is 1.13 bits per heavy atom. The van der Waals surface area contributed by atoms with Crippen molar-refractivity contribution in [2.24, 2.45) is 4.99 Å². The number of para-hydroxylation sites is 1. The predicted octanol–water partition coefficient (Wildman–Crippen LogP) is 5.78. The maximum absolute atomic E-state index is 12.5. The number of carbonyl (C=O) groups excluding carboxylic acids is 1. The van der Waals surface area contributed by atoms with E-state index in [1.165, 1.54) is 29.7 Å². The van der Waals surface area contributed by atoms with Gasteiger partial charge in [-0.1, -0.05) is 64.4 Å². The lowest BCUT2D eigenvalue weighted by Gasteiger charge is -2.14. The van der Waals surface area contributed by atoms with Crippen LogP contribution in [0.15, 0.2) is 53.5 Å². The molecule has 3 atom stereocenters. The summed E-state index contributed by atoms with van der Waals surface area (Å²) in [7, 11) is 3.99. The molecule has 0 radical (unpaired) electrons. The monoisotopic (exact) mass is 438 g/mol. The van der Waals surface area contributed by atoms with Gasteiger partial charge in [-0.2, -0.15) is 0 Å². The van der Waals surface area contributed by atoms with E-state index in [0.717, 1.165) is 35.8 Å². The van der Waals surface area contributed by atoms with Crippen molar-refractivity contribution >= 4 is 39.1 Å². The number of ether oxygens (including phenoxy) is 1. The molecule has 0 aromatic heterocycles. The Balaban J connectivity index is 1.19. The summed E-state index contributed by atoms with van der Waals surface area (Å²) in [6.07, 6.45) is 6.05. The average molecular weight is 439 g/mol. The number of unbranched alkanes of at least 4 members (excludes halogenated alkanes) is 1. The van der Waals surface area contributed by atoms with Crippen LogP contribution in [0.3, 0.4) is 0 Å². The van der Waals surface area contributed by atoms with Crippen LogP contribution < -0.4 is 5.32 Å². The minimum Gasteiger partial charge on any atom is -0.467 e. The van der Waals surface area contributed by atoms with E-state index in [2.05, 4.69) is 29.6 Å². The molecule has 0 spiro atoms. The molecule has 6 heteroatoms. The summed E-state index contributed by atoms with van der Waals surface area (Å²) in [5, 5.41) is 3.87.